The summed E-state index contributed by atoms with van der Waals surface area (Å²) in [6.07, 6.45) is 1.79. The van der Waals surface area contributed by atoms with Crippen molar-refractivity contribution < 1.29 is 9.84 Å². The van der Waals surface area contributed by atoms with Gasteiger partial charge in [0.25, 0.3) is 0 Å². The van der Waals surface area contributed by atoms with Crippen molar-refractivity contribution in [3.63, 3.8) is 0 Å². The zero-order valence-corrected chi connectivity index (χ0v) is 14.3. The molecule has 0 fully saturated rings. The number of nitrogen functional groups attached to an aromatic ring is 2. The summed E-state index contributed by atoms with van der Waals surface area (Å²) < 4.78 is 5.22. The van der Waals surface area contributed by atoms with E-state index >= 15 is 0 Å². The number of nitrogens with two attached hydrogens (primary N) is 2. The Morgan fingerprint density at radius 2 is 2.15 bits per heavy atom. The molecule has 0 radical (unpaired) electrons. The molecular formula is C17H16N8O2. The van der Waals surface area contributed by atoms with Gasteiger partial charge in [0, 0.05) is 11.1 Å². The molecule has 7 N–H and O–H groups in total. The van der Waals surface area contributed by atoms with Crippen LogP contribution in [0.3, 0.4) is 0 Å². The highest BCUT2D eigenvalue weighted by atomic mass is 16.5. The fourth-order valence-electron chi connectivity index (χ4n) is 2.91. The summed E-state index contributed by atoms with van der Waals surface area (Å²) in [5.74, 6) is 0.954. The van der Waals surface area contributed by atoms with Crippen LogP contribution < -0.4 is 26.8 Å². The van der Waals surface area contributed by atoms with Crippen LogP contribution in [0.4, 0.5) is 17.3 Å². The minimum atomic E-state index is -0.673. The molecule has 1 unspecified atom stereocenters. The van der Waals surface area contributed by atoms with Crippen LogP contribution in [0.25, 0.3) is 0 Å². The summed E-state index contributed by atoms with van der Waals surface area (Å²) in [7, 11) is 1.50. The number of nitrogens with one attached hydrogen (secondary N) is 2. The lowest BCUT2D eigenvalue weighted by Gasteiger charge is -2.26. The second kappa shape index (κ2) is 7.07. The first-order valence-electron chi connectivity index (χ1n) is 7.80. The van der Waals surface area contributed by atoms with Gasteiger partial charge in [0.2, 0.25) is 5.96 Å². The molecule has 1 aliphatic rings. The van der Waals surface area contributed by atoms with E-state index in [9.17, 15) is 10.4 Å². The third kappa shape index (κ3) is 3.01. The van der Waals surface area contributed by atoms with Crippen molar-refractivity contribution in [2.45, 2.75) is 12.6 Å². The smallest absolute Gasteiger partial charge is 0.211 e. The van der Waals surface area contributed by atoms with Crippen LogP contribution in [-0.2, 0) is 6.61 Å². The van der Waals surface area contributed by atoms with Gasteiger partial charge in [0.1, 0.15) is 35.1 Å². The van der Waals surface area contributed by atoms with E-state index in [1.165, 1.54) is 7.11 Å². The van der Waals surface area contributed by atoms with E-state index in [0.29, 0.717) is 28.3 Å². The molecule has 136 valence electrons. The fourth-order valence-corrected chi connectivity index (χ4v) is 2.91. The van der Waals surface area contributed by atoms with Crippen molar-refractivity contribution in [3.05, 3.63) is 40.5 Å². The van der Waals surface area contributed by atoms with Gasteiger partial charge in [0.15, 0.2) is 6.19 Å². The van der Waals surface area contributed by atoms with Crippen LogP contribution in [0, 0.1) is 22.8 Å². The number of aliphatic imine (C=N–C) groups is 1. The van der Waals surface area contributed by atoms with E-state index in [4.69, 9.17) is 21.5 Å². The van der Waals surface area contributed by atoms with E-state index in [-0.39, 0.29) is 29.6 Å². The topological polar surface area (TPSA) is 178 Å². The highest BCUT2D eigenvalue weighted by Crippen LogP contribution is 2.41. The summed E-state index contributed by atoms with van der Waals surface area (Å²) in [4.78, 5) is 8.65. The molecule has 2 aromatic rings. The van der Waals surface area contributed by atoms with Crippen molar-refractivity contribution in [1.82, 2.24) is 10.3 Å². The van der Waals surface area contributed by atoms with Crippen molar-refractivity contribution in [2.24, 2.45) is 4.99 Å². The molecule has 1 aromatic carbocycles. The Balaban J connectivity index is 2.23. The number of guanidine groups is 1. The molecule has 0 amide bonds. The Kier molecular flexibility index (Phi) is 4.66. The van der Waals surface area contributed by atoms with Crippen molar-refractivity contribution in [1.29, 1.82) is 10.5 Å². The standard InChI is InChI=1S/C17H16N8O2/c1-27-11-3-2-8(4-9(11)6-26)14-12-13(20)10(5-18)15(21)24-16(12)25-17(23-14)22-7-19/h2-4,14,26H,6H2,1H3,(H6,20,21,22,23,24,25). The van der Waals surface area contributed by atoms with Gasteiger partial charge in [-0.3, -0.25) is 5.32 Å². The lowest BCUT2D eigenvalue weighted by molar-refractivity contribution is 0.273. The largest absolute Gasteiger partial charge is 0.496 e. The first-order valence-corrected chi connectivity index (χ1v) is 7.80. The molecule has 1 aliphatic heterocycles. The van der Waals surface area contributed by atoms with Gasteiger partial charge in [-0.25, -0.2) is 9.98 Å². The molecule has 0 aliphatic carbocycles. The SMILES string of the molecule is COc1ccc(C2N=C(NC#N)Nc3nc(N)c(C#N)c(N)c32)cc1CO. The van der Waals surface area contributed by atoms with Crippen molar-refractivity contribution >= 4 is 23.3 Å². The number of hydrogen-bond acceptors (Lipinski definition) is 10. The maximum absolute atomic E-state index is 9.60. The maximum Gasteiger partial charge on any atom is 0.211 e. The number of methoxy groups -OCH3 is 1. The number of aliphatic hydroxyl groups excluding tert-OH is 1. The van der Waals surface area contributed by atoms with Crippen LogP contribution in [0.2, 0.25) is 0 Å². The normalized spacial score (nSPS) is 14.8. The van der Waals surface area contributed by atoms with Gasteiger partial charge in [-0.05, 0) is 17.7 Å². The molecule has 10 nitrogen and oxygen atoms in total. The number of nitriles is 2. The lowest BCUT2D eigenvalue weighted by Crippen LogP contribution is -2.32. The molecule has 10 heteroatoms. The third-order valence-corrected chi connectivity index (χ3v) is 4.15. The highest BCUT2D eigenvalue weighted by Gasteiger charge is 2.30. The summed E-state index contributed by atoms with van der Waals surface area (Å²) in [6.45, 7) is -0.235. The van der Waals surface area contributed by atoms with Gasteiger partial charge in [-0.1, -0.05) is 6.07 Å². The number of rotatable bonds is 3. The highest BCUT2D eigenvalue weighted by molar-refractivity contribution is 5.98. The minimum absolute atomic E-state index is 0.0241. The number of benzene rings is 1. The number of pyridine rings is 1. The first kappa shape index (κ1) is 17.8. The Morgan fingerprint density at radius 3 is 2.78 bits per heavy atom. The average Bonchev–Trinajstić information content (AvgIpc) is 2.67. The van der Waals surface area contributed by atoms with Crippen LogP contribution in [0.15, 0.2) is 23.2 Å². The summed E-state index contributed by atoms with van der Waals surface area (Å²) in [6, 6.07) is 6.44. The number of nitrogens with zero attached hydrogens (tertiary/aromatic N) is 4. The molecule has 0 spiro atoms. The Morgan fingerprint density at radius 1 is 1.37 bits per heavy atom. The summed E-state index contributed by atoms with van der Waals surface area (Å²) >= 11 is 0. The Hall–Kier alpha value is -4.02. The van der Waals surface area contributed by atoms with Crippen LogP contribution in [-0.4, -0.2) is 23.2 Å². The van der Waals surface area contributed by atoms with E-state index in [1.807, 2.05) is 6.07 Å². The van der Waals surface area contributed by atoms with E-state index < -0.39 is 6.04 Å². The zero-order chi connectivity index (χ0) is 19.6. The number of hydrogen-bond donors (Lipinski definition) is 5. The van der Waals surface area contributed by atoms with Gasteiger partial charge >= 0.3 is 0 Å². The predicted molar refractivity (Wildman–Crippen MR) is 98.3 cm³/mol. The van der Waals surface area contributed by atoms with Gasteiger partial charge < -0.3 is 26.6 Å². The third-order valence-electron chi connectivity index (χ3n) is 4.15. The number of aliphatic hydroxyl groups is 1. The van der Waals surface area contributed by atoms with Crippen molar-refractivity contribution in [2.75, 3.05) is 23.9 Å². The Labute approximate surface area is 154 Å². The first-order chi connectivity index (χ1) is 13.0. The van der Waals surface area contributed by atoms with Gasteiger partial charge in [0.05, 0.1) is 19.4 Å². The van der Waals surface area contributed by atoms with Crippen molar-refractivity contribution in [3.8, 4) is 18.0 Å². The number of aromatic nitrogens is 1. The molecule has 1 atom stereocenters. The quantitative estimate of drug-likeness (QED) is 0.384. The number of fused-ring (bicyclic) bond motifs is 1. The van der Waals surface area contributed by atoms with Gasteiger partial charge in [-0.15, -0.1) is 0 Å². The molecule has 1 aromatic heterocycles. The number of ether oxygens (including phenoxy) is 1. The van der Waals surface area contributed by atoms with Crippen LogP contribution in [0.1, 0.15) is 28.3 Å². The number of anilines is 3. The van der Waals surface area contributed by atoms with Crippen LogP contribution in [0.5, 0.6) is 5.75 Å². The zero-order valence-electron chi connectivity index (χ0n) is 14.3. The average molecular weight is 364 g/mol. The lowest BCUT2D eigenvalue weighted by atomic mass is 9.94. The maximum atomic E-state index is 9.60. The minimum Gasteiger partial charge on any atom is -0.496 e. The van der Waals surface area contributed by atoms with Crippen LogP contribution >= 0.6 is 0 Å². The monoisotopic (exact) mass is 364 g/mol. The molecule has 2 heterocycles. The molecular weight excluding hydrogens is 348 g/mol. The molecule has 0 bridgehead atoms. The van der Waals surface area contributed by atoms with Gasteiger partial charge in [-0.2, -0.15) is 10.5 Å². The predicted octanol–water partition coefficient (Wildman–Crippen LogP) is 0.560. The summed E-state index contributed by atoms with van der Waals surface area (Å²) in [5, 5.41) is 33.1. The molecule has 0 saturated carbocycles. The second-order valence-electron chi connectivity index (χ2n) is 5.63. The molecule has 3 rings (SSSR count). The second-order valence-corrected chi connectivity index (χ2v) is 5.63. The fraction of sp³-hybridized carbons (Fsp3) is 0.176. The van der Waals surface area contributed by atoms with E-state index in [1.54, 1.807) is 24.4 Å². The molecule has 27 heavy (non-hydrogen) atoms. The van der Waals surface area contributed by atoms with E-state index in [0.717, 1.165) is 0 Å². The summed E-state index contributed by atoms with van der Waals surface area (Å²) in [5.41, 5.74) is 13.9. The Bertz CT molecular complexity index is 1020. The molecule has 0 saturated heterocycles. The van der Waals surface area contributed by atoms with E-state index in [2.05, 4.69) is 20.6 Å².